The second-order valence-electron chi connectivity index (χ2n) is 5.14. The van der Waals surface area contributed by atoms with Crippen LogP contribution in [-0.2, 0) is 4.74 Å². The number of nitrogens with two attached hydrogens (primary N) is 1. The molecule has 6 nitrogen and oxygen atoms in total. The van der Waals surface area contributed by atoms with Crippen molar-refractivity contribution >= 4 is 5.91 Å². The number of rotatable bonds is 2. The van der Waals surface area contributed by atoms with Crippen LogP contribution in [0.2, 0.25) is 0 Å². The van der Waals surface area contributed by atoms with E-state index >= 15 is 0 Å². The van der Waals surface area contributed by atoms with E-state index in [1.54, 1.807) is 0 Å². The van der Waals surface area contributed by atoms with E-state index in [2.05, 4.69) is 10.3 Å². The Bertz CT molecular complexity index is 542. The highest BCUT2D eigenvalue weighted by Gasteiger charge is 2.51. The lowest BCUT2D eigenvalue weighted by Crippen LogP contribution is -2.72. The average molecular weight is 263 g/mol. The lowest BCUT2D eigenvalue weighted by atomic mass is 9.68. The molecule has 2 heterocycles. The van der Waals surface area contributed by atoms with Gasteiger partial charge in [0.05, 0.1) is 12.1 Å². The van der Waals surface area contributed by atoms with Crippen LogP contribution in [0.4, 0.5) is 0 Å². The highest BCUT2D eigenvalue weighted by atomic mass is 16.5. The normalized spacial score (nSPS) is 33.1. The van der Waals surface area contributed by atoms with Gasteiger partial charge in [-0.05, 0) is 12.8 Å². The fourth-order valence-corrected chi connectivity index (χ4v) is 2.95. The minimum atomic E-state index is -0.394. The van der Waals surface area contributed by atoms with Crippen LogP contribution >= 0.6 is 0 Å². The van der Waals surface area contributed by atoms with Gasteiger partial charge in [0.1, 0.15) is 5.56 Å². The van der Waals surface area contributed by atoms with Crippen LogP contribution in [0.1, 0.15) is 23.2 Å². The zero-order valence-corrected chi connectivity index (χ0v) is 10.5. The van der Waals surface area contributed by atoms with Gasteiger partial charge in [-0.2, -0.15) is 0 Å². The number of nitrogens with one attached hydrogen (secondary N) is 2. The Hall–Kier alpha value is -1.66. The van der Waals surface area contributed by atoms with Gasteiger partial charge < -0.3 is 20.8 Å². The van der Waals surface area contributed by atoms with E-state index in [1.165, 1.54) is 18.5 Å². The summed E-state index contributed by atoms with van der Waals surface area (Å²) in [4.78, 5) is 26.4. The second kappa shape index (κ2) is 4.79. The number of aromatic nitrogens is 1. The monoisotopic (exact) mass is 263 g/mol. The molecule has 4 unspecified atom stereocenters. The predicted octanol–water partition coefficient (Wildman–Crippen LogP) is -0.391. The molecule has 2 aliphatic rings. The quantitative estimate of drug-likeness (QED) is 0.677. The molecule has 2 fully saturated rings. The topological polar surface area (TPSA) is 97.2 Å². The number of carbonyl (C=O) groups excluding carboxylic acids is 1. The molecule has 3 rings (SSSR count). The van der Waals surface area contributed by atoms with Crippen molar-refractivity contribution in [1.29, 1.82) is 0 Å². The van der Waals surface area contributed by atoms with Crippen LogP contribution in [-0.4, -0.2) is 35.7 Å². The molecule has 1 aliphatic heterocycles. The van der Waals surface area contributed by atoms with Crippen molar-refractivity contribution in [3.8, 4) is 0 Å². The first kappa shape index (κ1) is 12.4. The molecule has 1 amide bonds. The first-order valence-corrected chi connectivity index (χ1v) is 6.53. The van der Waals surface area contributed by atoms with Gasteiger partial charge in [-0.1, -0.05) is 0 Å². The van der Waals surface area contributed by atoms with E-state index in [0.29, 0.717) is 12.5 Å². The largest absolute Gasteiger partial charge is 0.376 e. The molecule has 1 aromatic heterocycles. The van der Waals surface area contributed by atoms with Gasteiger partial charge >= 0.3 is 0 Å². The molecule has 1 aromatic rings. The molecular formula is C13H17N3O3. The molecule has 4 atom stereocenters. The van der Waals surface area contributed by atoms with Crippen LogP contribution in [0, 0.1) is 5.92 Å². The number of H-pyrrole nitrogens is 1. The van der Waals surface area contributed by atoms with Crippen LogP contribution < -0.4 is 16.5 Å². The molecule has 0 bridgehead atoms. The Balaban J connectivity index is 1.71. The highest BCUT2D eigenvalue weighted by Crippen LogP contribution is 2.36. The maximum Gasteiger partial charge on any atom is 0.257 e. The Kier molecular flexibility index (Phi) is 3.12. The number of aromatic amines is 1. The third-order valence-electron chi connectivity index (χ3n) is 4.04. The van der Waals surface area contributed by atoms with E-state index in [0.717, 1.165) is 12.8 Å². The van der Waals surface area contributed by atoms with Crippen molar-refractivity contribution < 1.29 is 9.53 Å². The summed E-state index contributed by atoms with van der Waals surface area (Å²) in [6, 6.07) is 1.05. The minimum Gasteiger partial charge on any atom is -0.376 e. The molecule has 1 saturated heterocycles. The summed E-state index contributed by atoms with van der Waals surface area (Å²) >= 11 is 0. The molecule has 6 heteroatoms. The van der Waals surface area contributed by atoms with Gasteiger partial charge in [0.25, 0.3) is 5.91 Å². The summed E-state index contributed by atoms with van der Waals surface area (Å²) in [6.45, 7) is 0.714. The van der Waals surface area contributed by atoms with Crippen molar-refractivity contribution in [2.24, 2.45) is 11.7 Å². The molecular weight excluding hydrogens is 246 g/mol. The molecule has 4 N–H and O–H groups in total. The second-order valence-corrected chi connectivity index (χ2v) is 5.14. The van der Waals surface area contributed by atoms with Gasteiger partial charge in [0.15, 0.2) is 5.43 Å². The van der Waals surface area contributed by atoms with Gasteiger partial charge in [-0.3, -0.25) is 9.59 Å². The predicted molar refractivity (Wildman–Crippen MR) is 68.8 cm³/mol. The number of fused-ring (bicyclic) bond motifs is 1. The fraction of sp³-hybridized carbons (Fsp3) is 0.538. The van der Waals surface area contributed by atoms with Gasteiger partial charge in [-0.15, -0.1) is 0 Å². The standard InChI is InChI=1S/C13H17N3O3/c14-10-7-2-1-5-19-12(7)11(10)16-13(18)8-6-15-4-3-9(8)17/h3-4,6-7,10-12H,1-2,5,14H2,(H,15,17)(H,16,18). The van der Waals surface area contributed by atoms with E-state index in [-0.39, 0.29) is 29.2 Å². The van der Waals surface area contributed by atoms with Gasteiger partial charge in [-0.25, -0.2) is 0 Å². The lowest BCUT2D eigenvalue weighted by Gasteiger charge is -2.52. The Morgan fingerprint density at radius 1 is 1.53 bits per heavy atom. The van der Waals surface area contributed by atoms with Crippen LogP contribution in [0.5, 0.6) is 0 Å². The zero-order chi connectivity index (χ0) is 13.4. The minimum absolute atomic E-state index is 0.00417. The summed E-state index contributed by atoms with van der Waals surface area (Å²) in [5.41, 5.74) is 5.87. The first-order chi connectivity index (χ1) is 9.18. The fourth-order valence-electron chi connectivity index (χ4n) is 2.95. The van der Waals surface area contributed by atoms with Gasteiger partial charge in [0.2, 0.25) is 0 Å². The number of pyridine rings is 1. The molecule has 0 spiro atoms. The number of ether oxygens (including phenoxy) is 1. The number of carbonyl (C=O) groups is 1. The molecule has 0 radical (unpaired) electrons. The van der Waals surface area contributed by atoms with E-state index in [9.17, 15) is 9.59 Å². The molecule has 19 heavy (non-hydrogen) atoms. The van der Waals surface area contributed by atoms with Crippen molar-refractivity contribution in [3.05, 3.63) is 34.2 Å². The maximum absolute atomic E-state index is 12.0. The van der Waals surface area contributed by atoms with Crippen molar-refractivity contribution in [2.75, 3.05) is 6.61 Å². The number of hydrogen-bond acceptors (Lipinski definition) is 4. The third-order valence-corrected chi connectivity index (χ3v) is 4.04. The molecule has 0 aromatic carbocycles. The van der Waals surface area contributed by atoms with Crippen molar-refractivity contribution in [3.63, 3.8) is 0 Å². The summed E-state index contributed by atoms with van der Waals surface area (Å²) in [7, 11) is 0. The summed E-state index contributed by atoms with van der Waals surface area (Å²) in [6.07, 6.45) is 4.96. The molecule has 1 aliphatic carbocycles. The summed E-state index contributed by atoms with van der Waals surface area (Å²) in [5, 5.41) is 2.81. The van der Waals surface area contributed by atoms with E-state index in [1.807, 2.05) is 0 Å². The first-order valence-electron chi connectivity index (χ1n) is 6.53. The molecule has 102 valence electrons. The Morgan fingerprint density at radius 2 is 2.37 bits per heavy atom. The summed E-state index contributed by atoms with van der Waals surface area (Å²) < 4.78 is 5.65. The zero-order valence-electron chi connectivity index (χ0n) is 10.5. The van der Waals surface area contributed by atoms with E-state index in [4.69, 9.17) is 10.5 Å². The number of hydrogen-bond donors (Lipinski definition) is 3. The maximum atomic E-state index is 12.0. The Labute approximate surface area is 110 Å². The molecule has 1 saturated carbocycles. The van der Waals surface area contributed by atoms with Crippen LogP contribution in [0.15, 0.2) is 23.3 Å². The highest BCUT2D eigenvalue weighted by molar-refractivity contribution is 5.94. The van der Waals surface area contributed by atoms with Crippen molar-refractivity contribution in [2.45, 2.75) is 31.0 Å². The Morgan fingerprint density at radius 3 is 3.16 bits per heavy atom. The van der Waals surface area contributed by atoms with Crippen molar-refractivity contribution in [1.82, 2.24) is 10.3 Å². The van der Waals surface area contributed by atoms with E-state index < -0.39 is 5.91 Å². The smallest absolute Gasteiger partial charge is 0.257 e. The average Bonchev–Trinajstić information content (AvgIpc) is 2.44. The summed E-state index contributed by atoms with van der Waals surface area (Å²) in [5.74, 6) is -0.0666. The lowest BCUT2D eigenvalue weighted by molar-refractivity contribution is -0.117. The van der Waals surface area contributed by atoms with Gasteiger partial charge in [0, 0.05) is 37.0 Å². The van der Waals surface area contributed by atoms with Crippen LogP contribution in [0.25, 0.3) is 0 Å². The SMILES string of the molecule is NC1C2CCCOC2C1NC(=O)c1c[nH]ccc1=O. The van der Waals surface area contributed by atoms with Crippen LogP contribution in [0.3, 0.4) is 0 Å². The third kappa shape index (κ3) is 2.06. The number of amides is 1.